The normalized spacial score (nSPS) is 19.8. The highest BCUT2D eigenvalue weighted by molar-refractivity contribution is 6.11. The van der Waals surface area contributed by atoms with E-state index in [2.05, 4.69) is 28.8 Å². The number of nitrogens with zero attached hydrogens (tertiary/aromatic N) is 1. The zero-order chi connectivity index (χ0) is 35.7. The van der Waals surface area contributed by atoms with Crippen LogP contribution in [0.2, 0.25) is 0 Å². The Morgan fingerprint density at radius 2 is 1.10 bits per heavy atom. The van der Waals surface area contributed by atoms with Crippen molar-refractivity contribution in [2.75, 3.05) is 0 Å². The number of rotatable bonds is 4. The molecule has 3 atom stereocenters. The quantitative estimate of drug-likeness (QED) is 0.162. The van der Waals surface area contributed by atoms with Crippen LogP contribution in [0.4, 0.5) is 26.3 Å². The number of hydrogen-bond donors (Lipinski definition) is 0. The molecule has 262 valence electrons. The molecule has 2 bridgehead atoms. The molecule has 0 saturated heterocycles. The first-order valence-electron chi connectivity index (χ1n) is 17.9. The molecule has 3 saturated carbocycles. The van der Waals surface area contributed by atoms with Crippen molar-refractivity contribution in [3.8, 4) is 27.9 Å². The first-order chi connectivity index (χ1) is 24.3. The third-order valence-electron chi connectivity index (χ3n) is 11.4. The van der Waals surface area contributed by atoms with Crippen LogP contribution in [0.1, 0.15) is 78.7 Å². The number of aromatic nitrogens is 1. The molecule has 3 aliphatic rings. The van der Waals surface area contributed by atoms with Gasteiger partial charge in [0.2, 0.25) is 0 Å². The third-order valence-corrected chi connectivity index (χ3v) is 11.4. The summed E-state index contributed by atoms with van der Waals surface area (Å²) in [7, 11) is 0. The number of aryl methyl sites for hydroxylation is 2. The average Bonchev–Trinajstić information content (AvgIpc) is 3.40. The Labute approximate surface area is 293 Å². The summed E-state index contributed by atoms with van der Waals surface area (Å²) in [5.41, 5.74) is 6.00. The molecule has 9 rings (SSSR count). The van der Waals surface area contributed by atoms with Gasteiger partial charge >= 0.3 is 12.4 Å². The summed E-state index contributed by atoms with van der Waals surface area (Å²) < 4.78 is 85.5. The lowest BCUT2D eigenvalue weighted by molar-refractivity contribution is -0.138. The van der Waals surface area contributed by atoms with Crippen molar-refractivity contribution in [1.82, 2.24) is 4.57 Å². The van der Waals surface area contributed by atoms with Gasteiger partial charge in [-0.2, -0.15) is 26.3 Å². The first-order valence-corrected chi connectivity index (χ1v) is 17.9. The molecule has 3 aliphatic carbocycles. The van der Waals surface area contributed by atoms with Crippen molar-refractivity contribution in [2.45, 2.75) is 77.1 Å². The van der Waals surface area contributed by atoms with Gasteiger partial charge in [0.25, 0.3) is 0 Å². The number of alkyl halides is 6. The van der Waals surface area contributed by atoms with E-state index >= 15 is 0 Å². The maximum Gasteiger partial charge on any atom is 0.416 e. The van der Waals surface area contributed by atoms with Crippen LogP contribution >= 0.6 is 0 Å². The van der Waals surface area contributed by atoms with E-state index in [1.165, 1.54) is 56.2 Å². The largest absolute Gasteiger partial charge is 0.416 e. The molecule has 0 aliphatic heterocycles. The number of halogens is 6. The molecular formula is C44H39F6N. The molecule has 1 aromatic heterocycles. The number of hydrogen-bond acceptors (Lipinski definition) is 0. The van der Waals surface area contributed by atoms with Crippen LogP contribution in [0.15, 0.2) is 97.1 Å². The molecule has 3 fully saturated rings. The van der Waals surface area contributed by atoms with E-state index in [0.29, 0.717) is 45.2 Å². The molecule has 0 N–H and O–H groups in total. The Kier molecular flexibility index (Phi) is 8.31. The summed E-state index contributed by atoms with van der Waals surface area (Å²) in [6, 6.07) is 28.4. The topological polar surface area (TPSA) is 4.93 Å². The Morgan fingerprint density at radius 1 is 0.549 bits per heavy atom. The van der Waals surface area contributed by atoms with Gasteiger partial charge in [0.15, 0.2) is 0 Å². The minimum atomic E-state index is -4.49. The van der Waals surface area contributed by atoms with Crippen molar-refractivity contribution >= 4 is 21.8 Å². The predicted octanol–water partition coefficient (Wildman–Crippen LogP) is 13.8. The van der Waals surface area contributed by atoms with Gasteiger partial charge in [-0.05, 0) is 144 Å². The molecule has 0 radical (unpaired) electrons. The predicted molar refractivity (Wildman–Crippen MR) is 193 cm³/mol. The third kappa shape index (κ3) is 6.34. The number of benzene rings is 5. The highest BCUT2D eigenvalue weighted by atomic mass is 19.4. The minimum absolute atomic E-state index is 0.424. The molecule has 1 nitrogen and oxygen atoms in total. The van der Waals surface area contributed by atoms with Gasteiger partial charge in [-0.3, -0.25) is 0 Å². The molecule has 1 heterocycles. The Balaban J connectivity index is 1.36. The van der Waals surface area contributed by atoms with Gasteiger partial charge in [0, 0.05) is 16.5 Å². The van der Waals surface area contributed by atoms with E-state index in [1.807, 2.05) is 36.4 Å². The molecule has 6 aromatic rings. The maximum atomic E-state index is 13.9. The monoisotopic (exact) mass is 695 g/mol. The molecule has 0 spiro atoms. The lowest BCUT2D eigenvalue weighted by atomic mass is 9.66. The molecule has 3 unspecified atom stereocenters. The highest BCUT2D eigenvalue weighted by Crippen LogP contribution is 2.49. The summed E-state index contributed by atoms with van der Waals surface area (Å²) >= 11 is 0. The fourth-order valence-electron chi connectivity index (χ4n) is 9.02. The molecule has 0 amide bonds. The zero-order valence-electron chi connectivity index (χ0n) is 28.6. The maximum absolute atomic E-state index is 13.9. The molecular weight excluding hydrogens is 656 g/mol. The Bertz CT molecular complexity index is 2150. The van der Waals surface area contributed by atoms with E-state index in [0.717, 1.165) is 52.0 Å². The lowest BCUT2D eigenvalue weighted by Gasteiger charge is -2.40. The number of fused-ring (bicyclic) bond motifs is 8. The van der Waals surface area contributed by atoms with Crippen molar-refractivity contribution in [3.63, 3.8) is 0 Å². The summed E-state index contributed by atoms with van der Waals surface area (Å²) in [6.07, 6.45) is -0.247. The second-order valence-electron chi connectivity index (χ2n) is 14.9. The van der Waals surface area contributed by atoms with E-state index in [9.17, 15) is 26.3 Å². The van der Waals surface area contributed by atoms with Crippen LogP contribution in [0.5, 0.6) is 0 Å². The smallest absolute Gasteiger partial charge is 0.309 e. The Hall–Kier alpha value is -4.52. The van der Waals surface area contributed by atoms with Gasteiger partial charge in [0.05, 0.1) is 22.2 Å². The van der Waals surface area contributed by atoms with Gasteiger partial charge < -0.3 is 4.57 Å². The summed E-state index contributed by atoms with van der Waals surface area (Å²) in [5, 5.41) is 1.66. The van der Waals surface area contributed by atoms with E-state index in [4.69, 9.17) is 0 Å². The molecule has 7 heteroatoms. The van der Waals surface area contributed by atoms with Crippen molar-refractivity contribution in [3.05, 3.63) is 125 Å². The molecule has 5 aromatic carbocycles. The fourth-order valence-corrected chi connectivity index (χ4v) is 9.02. The number of para-hydroxylation sites is 1. The van der Waals surface area contributed by atoms with Crippen LogP contribution in [0.3, 0.4) is 0 Å². The van der Waals surface area contributed by atoms with Crippen molar-refractivity contribution < 1.29 is 26.3 Å². The average molecular weight is 696 g/mol. The fraction of sp³-hybridized carbons (Fsp3) is 0.318. The lowest BCUT2D eigenvalue weighted by Crippen LogP contribution is -2.26. The molecule has 51 heavy (non-hydrogen) atoms. The van der Waals surface area contributed by atoms with Crippen molar-refractivity contribution in [2.24, 2.45) is 11.8 Å². The second kappa shape index (κ2) is 12.6. The second-order valence-corrected chi connectivity index (χ2v) is 14.9. The van der Waals surface area contributed by atoms with E-state index < -0.39 is 23.5 Å². The van der Waals surface area contributed by atoms with Gasteiger partial charge in [-0.1, -0.05) is 68.1 Å². The minimum Gasteiger partial charge on any atom is -0.309 e. The van der Waals surface area contributed by atoms with Crippen LogP contribution in [-0.4, -0.2) is 4.57 Å². The van der Waals surface area contributed by atoms with Crippen LogP contribution in [0, 0.1) is 25.7 Å². The van der Waals surface area contributed by atoms with Gasteiger partial charge in [0.1, 0.15) is 0 Å². The summed E-state index contributed by atoms with van der Waals surface area (Å²) in [5.74, 6) is 1.75. The van der Waals surface area contributed by atoms with Crippen molar-refractivity contribution in [1.29, 1.82) is 0 Å². The first kappa shape index (κ1) is 33.6. The van der Waals surface area contributed by atoms with E-state index in [1.54, 1.807) is 26.0 Å². The SMILES string of the molecule is Cc1cc(-c2ccc3c(c2)c2cc(-c4cc(C)cc(C(F)(F)F)c4)ccc2n3-c2ccccc2C2CC3CCCCC2CC3)cc(C(F)(F)F)c1. The van der Waals surface area contributed by atoms with Crippen LogP contribution in [0.25, 0.3) is 49.7 Å². The van der Waals surface area contributed by atoms with Gasteiger partial charge in [-0.25, -0.2) is 0 Å². The van der Waals surface area contributed by atoms with Gasteiger partial charge in [-0.15, -0.1) is 0 Å². The summed E-state index contributed by atoms with van der Waals surface area (Å²) in [4.78, 5) is 0. The summed E-state index contributed by atoms with van der Waals surface area (Å²) in [6.45, 7) is 3.32. The Morgan fingerprint density at radius 3 is 1.67 bits per heavy atom. The zero-order valence-corrected chi connectivity index (χ0v) is 28.6. The standard InChI is InChI=1S/C44H39F6N/c1-26-17-32(22-34(19-26)43(45,46)47)30-13-15-41-38(24-30)39-25-31(33-18-27(2)20-35(23-33)44(48,49)50)14-16-42(39)51(41)40-10-6-5-9-36(40)37-21-28-7-3-4-8-29(37)12-11-28/h5-6,9-10,13-20,22-25,28-29,37H,3-4,7-8,11-12,21H2,1-2H3. The van der Waals surface area contributed by atoms with Crippen LogP contribution < -0.4 is 0 Å². The highest BCUT2D eigenvalue weighted by Gasteiger charge is 2.35. The van der Waals surface area contributed by atoms with E-state index in [-0.39, 0.29) is 0 Å². The van der Waals surface area contributed by atoms with Crippen LogP contribution in [-0.2, 0) is 12.4 Å².